The molecule has 0 aliphatic carbocycles. The van der Waals surface area contributed by atoms with Crippen molar-refractivity contribution in [3.8, 4) is 0 Å². The Morgan fingerprint density at radius 2 is 2.42 bits per heavy atom. The summed E-state index contributed by atoms with van der Waals surface area (Å²) in [6, 6.07) is 4.42. The number of hydrogen-bond donors (Lipinski definition) is 1. The van der Waals surface area contributed by atoms with Crippen molar-refractivity contribution >= 4 is 23.0 Å². The number of hydrogen-bond acceptors (Lipinski definition) is 4. The third kappa shape index (κ3) is 3.22. The summed E-state index contributed by atoms with van der Waals surface area (Å²) in [5, 5.41) is 0. The van der Waals surface area contributed by atoms with Crippen molar-refractivity contribution in [1.29, 1.82) is 0 Å². The molecule has 2 rings (SSSR count). The van der Waals surface area contributed by atoms with Gasteiger partial charge in [-0.25, -0.2) is 4.98 Å². The van der Waals surface area contributed by atoms with Crippen LogP contribution in [0.3, 0.4) is 0 Å². The van der Waals surface area contributed by atoms with Crippen LogP contribution in [0.2, 0.25) is 0 Å². The van der Waals surface area contributed by atoms with Crippen molar-refractivity contribution in [1.82, 2.24) is 9.88 Å². The fraction of sp³-hybridized carbons (Fsp3) is 0.571. The lowest BCUT2D eigenvalue weighted by Crippen LogP contribution is -2.39. The highest BCUT2D eigenvalue weighted by atomic mass is 32.1. The van der Waals surface area contributed by atoms with E-state index in [0.717, 1.165) is 24.5 Å². The zero-order valence-corrected chi connectivity index (χ0v) is 12.5. The molecule has 0 amide bonds. The van der Waals surface area contributed by atoms with Crippen molar-refractivity contribution in [2.75, 3.05) is 31.6 Å². The number of nitrogens with two attached hydrogens (primary N) is 1. The fourth-order valence-corrected chi connectivity index (χ4v) is 2.97. The smallest absolute Gasteiger partial charge is 0.138 e. The maximum absolute atomic E-state index is 5.77. The largest absolute Gasteiger partial charge is 0.389 e. The second-order valence-electron chi connectivity index (χ2n) is 5.04. The molecule has 19 heavy (non-hydrogen) atoms. The number of nitrogens with zero attached hydrogens (tertiary/aromatic N) is 3. The molecule has 1 saturated heterocycles. The van der Waals surface area contributed by atoms with Crippen molar-refractivity contribution in [3.05, 3.63) is 23.9 Å². The number of likely N-dealkylation sites (tertiary alicyclic amines) is 1. The van der Waals surface area contributed by atoms with Gasteiger partial charge in [-0.05, 0) is 38.1 Å². The van der Waals surface area contributed by atoms with Gasteiger partial charge in [0.15, 0.2) is 0 Å². The minimum absolute atomic E-state index is 0.411. The Labute approximate surface area is 120 Å². The monoisotopic (exact) mass is 278 g/mol. The van der Waals surface area contributed by atoms with Crippen LogP contribution >= 0.6 is 12.2 Å². The molecular formula is C14H22N4S. The van der Waals surface area contributed by atoms with Crippen LogP contribution in [0.25, 0.3) is 0 Å². The summed E-state index contributed by atoms with van der Waals surface area (Å²) in [6.07, 6.45) is 4.34. The van der Waals surface area contributed by atoms with E-state index in [-0.39, 0.29) is 0 Å². The summed E-state index contributed by atoms with van der Waals surface area (Å²) < 4.78 is 0. The van der Waals surface area contributed by atoms with Crippen LogP contribution in [0.4, 0.5) is 5.82 Å². The van der Waals surface area contributed by atoms with Crippen LogP contribution in [-0.4, -0.2) is 47.6 Å². The Hall–Kier alpha value is -1.20. The second kappa shape index (κ2) is 6.30. The number of pyridine rings is 1. The summed E-state index contributed by atoms with van der Waals surface area (Å²) in [4.78, 5) is 9.54. The van der Waals surface area contributed by atoms with Gasteiger partial charge in [-0.15, -0.1) is 0 Å². The van der Waals surface area contributed by atoms with Crippen LogP contribution in [-0.2, 0) is 0 Å². The molecule has 1 aromatic rings. The molecular weight excluding hydrogens is 256 g/mol. The van der Waals surface area contributed by atoms with Gasteiger partial charge in [-0.3, -0.25) is 4.90 Å². The van der Waals surface area contributed by atoms with E-state index in [1.807, 2.05) is 12.1 Å². The van der Waals surface area contributed by atoms with Gasteiger partial charge in [-0.2, -0.15) is 0 Å². The van der Waals surface area contributed by atoms with Gasteiger partial charge in [0.2, 0.25) is 0 Å². The average Bonchev–Trinajstić information content (AvgIpc) is 2.85. The molecule has 1 aliphatic heterocycles. The molecule has 4 nitrogen and oxygen atoms in total. The summed E-state index contributed by atoms with van der Waals surface area (Å²) >= 11 is 5.10. The number of thiocarbonyl (C=S) groups is 1. The van der Waals surface area contributed by atoms with E-state index in [4.69, 9.17) is 18.0 Å². The van der Waals surface area contributed by atoms with E-state index in [9.17, 15) is 0 Å². The van der Waals surface area contributed by atoms with Crippen LogP contribution in [0.15, 0.2) is 18.3 Å². The van der Waals surface area contributed by atoms with Crippen LogP contribution in [0.5, 0.6) is 0 Å². The molecule has 1 aromatic heterocycles. The molecule has 1 fully saturated rings. The fourth-order valence-electron chi connectivity index (χ4n) is 2.81. The molecule has 2 N–H and O–H groups in total. The molecule has 0 saturated carbocycles. The molecule has 5 heteroatoms. The highest BCUT2D eigenvalue weighted by Crippen LogP contribution is 2.21. The highest BCUT2D eigenvalue weighted by molar-refractivity contribution is 7.80. The van der Waals surface area contributed by atoms with Crippen LogP contribution in [0.1, 0.15) is 25.3 Å². The highest BCUT2D eigenvalue weighted by Gasteiger charge is 2.25. The quantitative estimate of drug-likeness (QED) is 0.830. The Kier molecular flexibility index (Phi) is 4.71. The van der Waals surface area contributed by atoms with E-state index in [1.165, 1.54) is 19.4 Å². The van der Waals surface area contributed by atoms with Gasteiger partial charge in [0.05, 0.1) is 5.56 Å². The van der Waals surface area contributed by atoms with Crippen molar-refractivity contribution in [2.45, 2.75) is 25.8 Å². The molecule has 1 atom stereocenters. The lowest BCUT2D eigenvalue weighted by Gasteiger charge is -2.29. The Morgan fingerprint density at radius 3 is 3.11 bits per heavy atom. The molecule has 0 aromatic carbocycles. The van der Waals surface area contributed by atoms with Crippen LogP contribution < -0.4 is 10.6 Å². The number of anilines is 1. The molecule has 1 aliphatic rings. The molecule has 0 bridgehead atoms. The number of rotatable bonds is 5. The molecule has 1 unspecified atom stereocenters. The Morgan fingerprint density at radius 1 is 1.63 bits per heavy atom. The predicted molar refractivity (Wildman–Crippen MR) is 83.7 cm³/mol. The lowest BCUT2D eigenvalue weighted by atomic mass is 10.2. The average molecular weight is 278 g/mol. The first-order chi connectivity index (χ1) is 9.13. The van der Waals surface area contributed by atoms with E-state index in [0.29, 0.717) is 11.0 Å². The summed E-state index contributed by atoms with van der Waals surface area (Å²) in [7, 11) is 2.07. The van der Waals surface area contributed by atoms with Gasteiger partial charge < -0.3 is 10.6 Å². The van der Waals surface area contributed by atoms with Gasteiger partial charge in [0.1, 0.15) is 10.8 Å². The van der Waals surface area contributed by atoms with Gasteiger partial charge in [0.25, 0.3) is 0 Å². The summed E-state index contributed by atoms with van der Waals surface area (Å²) in [6.45, 7) is 5.52. The van der Waals surface area contributed by atoms with Crippen molar-refractivity contribution in [2.24, 2.45) is 5.73 Å². The molecule has 104 valence electrons. The zero-order valence-electron chi connectivity index (χ0n) is 11.7. The van der Waals surface area contributed by atoms with Crippen molar-refractivity contribution < 1.29 is 0 Å². The Bertz CT molecular complexity index is 449. The first kappa shape index (κ1) is 14.2. The maximum atomic E-state index is 5.77. The van der Waals surface area contributed by atoms with E-state index in [1.54, 1.807) is 6.20 Å². The lowest BCUT2D eigenvalue weighted by molar-refractivity contribution is 0.270. The number of aromatic nitrogens is 1. The third-order valence-corrected chi connectivity index (χ3v) is 4.02. The maximum Gasteiger partial charge on any atom is 0.138 e. The van der Waals surface area contributed by atoms with Crippen LogP contribution in [0, 0.1) is 0 Å². The normalized spacial score (nSPS) is 19.6. The van der Waals surface area contributed by atoms with E-state index in [2.05, 4.69) is 28.8 Å². The van der Waals surface area contributed by atoms with Gasteiger partial charge in [-0.1, -0.05) is 19.1 Å². The summed E-state index contributed by atoms with van der Waals surface area (Å²) in [5.74, 6) is 0.887. The topological polar surface area (TPSA) is 45.4 Å². The third-order valence-electron chi connectivity index (χ3n) is 3.80. The van der Waals surface area contributed by atoms with Crippen molar-refractivity contribution in [3.63, 3.8) is 0 Å². The standard InChI is InChI=1S/C14H22N4S/c1-3-18-9-5-6-11(18)10-17(2)14-12(13(15)19)7-4-8-16-14/h4,7-8,11H,3,5-6,9-10H2,1-2H3,(H2,15,19). The summed E-state index contributed by atoms with van der Waals surface area (Å²) in [5.41, 5.74) is 6.63. The van der Waals surface area contributed by atoms with E-state index < -0.39 is 0 Å². The van der Waals surface area contributed by atoms with E-state index >= 15 is 0 Å². The predicted octanol–water partition coefficient (Wildman–Crippen LogP) is 1.64. The minimum Gasteiger partial charge on any atom is -0.389 e. The molecule has 0 spiro atoms. The SMILES string of the molecule is CCN1CCCC1CN(C)c1ncccc1C(N)=S. The molecule has 2 heterocycles. The minimum atomic E-state index is 0.411. The first-order valence-electron chi connectivity index (χ1n) is 6.83. The number of likely N-dealkylation sites (N-methyl/N-ethyl adjacent to an activating group) is 2. The Balaban J connectivity index is 2.11. The zero-order chi connectivity index (χ0) is 13.8. The molecule has 0 radical (unpaired) electrons. The van der Waals surface area contributed by atoms with Gasteiger partial charge >= 0.3 is 0 Å². The first-order valence-corrected chi connectivity index (χ1v) is 7.24. The second-order valence-corrected chi connectivity index (χ2v) is 5.48. The van der Waals surface area contributed by atoms with Gasteiger partial charge in [0, 0.05) is 25.8 Å².